The van der Waals surface area contributed by atoms with Gasteiger partial charge in [-0.3, -0.25) is 0 Å². The van der Waals surface area contributed by atoms with Crippen molar-refractivity contribution < 1.29 is 0 Å². The summed E-state index contributed by atoms with van der Waals surface area (Å²) in [6.07, 6.45) is 4.25. The van der Waals surface area contributed by atoms with E-state index in [1.165, 1.54) is 12.8 Å². The molecule has 0 unspecified atom stereocenters. The molecule has 0 bridgehead atoms. The number of hydrogen-bond donors (Lipinski definition) is 0. The average molecular weight is 160 g/mol. The lowest BCUT2D eigenvalue weighted by molar-refractivity contribution is 1.09. The highest BCUT2D eigenvalue weighted by molar-refractivity contribution is 4.51. The summed E-state index contributed by atoms with van der Waals surface area (Å²) in [5, 5.41) is 0. The maximum atomic E-state index is 3.36. The van der Waals surface area contributed by atoms with E-state index in [9.17, 15) is 0 Å². The van der Waals surface area contributed by atoms with Crippen LogP contribution in [0.4, 0.5) is 0 Å². The van der Waals surface area contributed by atoms with Crippen molar-refractivity contribution in [2.45, 2.75) is 61.3 Å². The monoisotopic (exact) mass is 160 g/mol. The van der Waals surface area contributed by atoms with Gasteiger partial charge in [-0.2, -0.15) is 0 Å². The number of rotatable bonds is 0. The van der Waals surface area contributed by atoms with Crippen LogP contribution in [0.2, 0.25) is 0 Å². The van der Waals surface area contributed by atoms with E-state index in [0.29, 0.717) is 0 Å². The minimum Gasteiger partial charge on any atom is -0.103 e. The van der Waals surface area contributed by atoms with Crippen molar-refractivity contribution in [2.24, 2.45) is 0 Å². The van der Waals surface area contributed by atoms with Gasteiger partial charge in [0, 0.05) is 0 Å². The Morgan fingerprint density at radius 3 is 0.909 bits per heavy atom. The second kappa shape index (κ2) is 99.1. The van der Waals surface area contributed by atoms with Crippen LogP contribution in [0.3, 0.4) is 0 Å². The summed E-state index contributed by atoms with van der Waals surface area (Å²) < 4.78 is 0. The predicted molar refractivity (Wildman–Crippen MR) is 59.1 cm³/mol. The van der Waals surface area contributed by atoms with Crippen LogP contribution in [-0.4, -0.2) is 0 Å². The van der Waals surface area contributed by atoms with Crippen LogP contribution in [0.15, 0.2) is 12.7 Å². The van der Waals surface area contributed by atoms with Crippen LogP contribution >= 0.6 is 0 Å². The third-order valence-electron chi connectivity index (χ3n) is 0. The summed E-state index contributed by atoms with van der Waals surface area (Å²) >= 11 is 0. The van der Waals surface area contributed by atoms with Crippen molar-refractivity contribution in [3.8, 4) is 0 Å². The molecule has 0 aliphatic rings. The molecule has 0 radical (unpaired) electrons. The molecule has 0 saturated carbocycles. The van der Waals surface area contributed by atoms with E-state index in [1.54, 1.807) is 6.08 Å². The molecular weight excluding hydrogens is 132 g/mol. The lowest BCUT2D eigenvalue weighted by Crippen LogP contribution is -1.27. The third-order valence-corrected chi connectivity index (χ3v) is 0. The van der Waals surface area contributed by atoms with Gasteiger partial charge in [-0.25, -0.2) is 0 Å². The highest BCUT2D eigenvalue weighted by Crippen LogP contribution is 1.56. The normalized spacial score (nSPS) is 5.00. The topological polar surface area (TPSA) is 0 Å². The molecule has 0 rings (SSSR count). The van der Waals surface area contributed by atoms with Crippen molar-refractivity contribution in [3.63, 3.8) is 0 Å². The Morgan fingerprint density at radius 1 is 0.909 bits per heavy atom. The van der Waals surface area contributed by atoms with Crippen molar-refractivity contribution in [1.29, 1.82) is 0 Å². The second-order valence-corrected chi connectivity index (χ2v) is 1.82. The van der Waals surface area contributed by atoms with Crippen molar-refractivity contribution in [3.05, 3.63) is 12.7 Å². The SMILES string of the molecule is C=CC.CC.CCC.CCC. The molecule has 0 N–H and O–H groups in total. The average Bonchev–Trinajstić information content (AvgIpc) is 1.96. The van der Waals surface area contributed by atoms with Gasteiger partial charge in [0.05, 0.1) is 0 Å². The molecule has 0 aromatic heterocycles. The van der Waals surface area contributed by atoms with Gasteiger partial charge in [0.2, 0.25) is 0 Å². The Balaban J connectivity index is -0.0000000301. The van der Waals surface area contributed by atoms with Crippen molar-refractivity contribution >= 4 is 0 Å². The minimum atomic E-state index is 1.25. The van der Waals surface area contributed by atoms with Crippen LogP contribution in [0.5, 0.6) is 0 Å². The first kappa shape index (κ1) is 22.4. The molecule has 0 amide bonds. The van der Waals surface area contributed by atoms with E-state index in [0.717, 1.165) is 0 Å². The Hall–Kier alpha value is -0.260. The van der Waals surface area contributed by atoms with Gasteiger partial charge in [0.15, 0.2) is 0 Å². The van der Waals surface area contributed by atoms with Gasteiger partial charge in [0.1, 0.15) is 0 Å². The largest absolute Gasteiger partial charge is 0.103 e. The fourth-order valence-corrected chi connectivity index (χ4v) is 0. The van der Waals surface area contributed by atoms with Gasteiger partial charge in [-0.05, 0) is 6.92 Å². The highest BCUT2D eigenvalue weighted by atomic mass is 13.4. The Kier molecular flexibility index (Phi) is 202. The molecule has 0 aliphatic carbocycles. The standard InChI is InChI=1S/2C3H8.C3H6.C2H6/c3*1-3-2;1-2/h2*3H2,1-2H3;3H,1H2,2H3;1-2H3. The Morgan fingerprint density at radius 2 is 0.909 bits per heavy atom. The summed E-state index contributed by atoms with van der Waals surface area (Å²) in [7, 11) is 0. The lowest BCUT2D eigenvalue weighted by atomic mass is 10.6. The Bertz CT molecular complexity index is 19.2. The molecule has 0 spiro atoms. The van der Waals surface area contributed by atoms with E-state index < -0.39 is 0 Å². The minimum absolute atomic E-state index is 1.25. The quantitative estimate of drug-likeness (QED) is 0.435. The van der Waals surface area contributed by atoms with E-state index in [2.05, 4.69) is 34.3 Å². The molecule has 0 heterocycles. The molecule has 0 aliphatic heterocycles. The molecule has 72 valence electrons. The van der Waals surface area contributed by atoms with Crippen molar-refractivity contribution in [2.75, 3.05) is 0 Å². The first-order valence-electron chi connectivity index (χ1n) is 4.81. The molecular formula is C11H28. The van der Waals surface area contributed by atoms with Gasteiger partial charge in [0.25, 0.3) is 0 Å². The third kappa shape index (κ3) is 8630. The lowest BCUT2D eigenvalue weighted by Gasteiger charge is -1.48. The fourth-order valence-electron chi connectivity index (χ4n) is 0. The van der Waals surface area contributed by atoms with Gasteiger partial charge >= 0.3 is 0 Å². The summed E-state index contributed by atoms with van der Waals surface area (Å²) in [6.45, 7) is 17.8. The zero-order valence-electron chi connectivity index (χ0n) is 9.70. The zero-order valence-corrected chi connectivity index (χ0v) is 9.70. The maximum Gasteiger partial charge on any atom is -0.0473 e. The zero-order chi connectivity index (χ0) is 10.1. The van der Waals surface area contributed by atoms with Gasteiger partial charge in [-0.15, -0.1) is 6.58 Å². The van der Waals surface area contributed by atoms with E-state index in [-0.39, 0.29) is 0 Å². The number of allylic oxidation sites excluding steroid dienone is 1. The van der Waals surface area contributed by atoms with Crippen LogP contribution in [0.25, 0.3) is 0 Å². The molecule has 0 saturated heterocycles. The summed E-state index contributed by atoms with van der Waals surface area (Å²) in [5.74, 6) is 0. The second-order valence-electron chi connectivity index (χ2n) is 1.82. The van der Waals surface area contributed by atoms with Crippen LogP contribution in [0, 0.1) is 0 Å². The van der Waals surface area contributed by atoms with E-state index in [1.807, 2.05) is 20.8 Å². The van der Waals surface area contributed by atoms with E-state index in [4.69, 9.17) is 0 Å². The van der Waals surface area contributed by atoms with E-state index >= 15 is 0 Å². The molecule has 0 heteroatoms. The van der Waals surface area contributed by atoms with Gasteiger partial charge < -0.3 is 0 Å². The predicted octanol–water partition coefficient (Wildman–Crippen LogP) is 5.05. The Labute approximate surface area is 74.7 Å². The van der Waals surface area contributed by atoms with Crippen LogP contribution in [-0.2, 0) is 0 Å². The molecule has 0 nitrogen and oxygen atoms in total. The molecule has 0 fully saturated rings. The molecule has 0 aromatic rings. The summed E-state index contributed by atoms with van der Waals surface area (Å²) in [6, 6.07) is 0. The molecule has 11 heavy (non-hydrogen) atoms. The highest BCUT2D eigenvalue weighted by Gasteiger charge is 1.36. The molecule has 0 atom stereocenters. The number of hydrogen-bond acceptors (Lipinski definition) is 0. The maximum absolute atomic E-state index is 3.36. The first-order chi connectivity index (χ1) is 5.24. The summed E-state index contributed by atoms with van der Waals surface area (Å²) in [4.78, 5) is 0. The molecule has 0 aromatic carbocycles. The van der Waals surface area contributed by atoms with Crippen LogP contribution in [0.1, 0.15) is 61.3 Å². The van der Waals surface area contributed by atoms with Crippen LogP contribution < -0.4 is 0 Å². The smallest absolute Gasteiger partial charge is 0.0473 e. The fraction of sp³-hybridized carbons (Fsp3) is 0.818. The van der Waals surface area contributed by atoms with Crippen molar-refractivity contribution in [1.82, 2.24) is 0 Å². The van der Waals surface area contributed by atoms with Gasteiger partial charge in [-0.1, -0.05) is 60.5 Å². The summed E-state index contributed by atoms with van der Waals surface area (Å²) in [5.41, 5.74) is 0. The first-order valence-corrected chi connectivity index (χ1v) is 4.81.